The Kier molecular flexibility index (Phi) is 5.19. The second-order valence-electron chi connectivity index (χ2n) is 4.77. The number of nitrogens with zero attached hydrogens (tertiary/aromatic N) is 4. The van der Waals surface area contributed by atoms with E-state index in [1.807, 2.05) is 18.2 Å². The summed E-state index contributed by atoms with van der Waals surface area (Å²) in [5.74, 6) is 0.549. The fraction of sp³-hybridized carbons (Fsp3) is 0. The Morgan fingerprint density at radius 3 is 2.32 bits per heavy atom. The molecule has 0 unspecified atom stereocenters. The Labute approximate surface area is 159 Å². The van der Waals surface area contributed by atoms with E-state index in [0.717, 1.165) is 8.95 Å². The van der Waals surface area contributed by atoms with Crippen LogP contribution >= 0.6 is 31.9 Å². The van der Waals surface area contributed by atoms with Crippen LogP contribution in [0.15, 0.2) is 57.9 Å². The molecule has 0 atom stereocenters. The molecule has 126 valence electrons. The van der Waals surface area contributed by atoms with Gasteiger partial charge in [-0.2, -0.15) is 0 Å². The SMILES string of the molecule is O=[N+]([O-])c1c(Nc2ccc(Br)cn2)ncnc1Nc1ccccc1Br. The summed E-state index contributed by atoms with van der Waals surface area (Å²) in [6.07, 6.45) is 2.82. The molecular weight excluding hydrogens is 456 g/mol. The molecule has 0 saturated heterocycles. The van der Waals surface area contributed by atoms with Crippen molar-refractivity contribution in [2.75, 3.05) is 10.6 Å². The molecule has 3 rings (SSSR count). The molecule has 0 aliphatic rings. The summed E-state index contributed by atoms with van der Waals surface area (Å²) in [4.78, 5) is 23.1. The summed E-state index contributed by atoms with van der Waals surface area (Å²) in [5.41, 5.74) is 0.375. The Hall–Kier alpha value is -2.59. The minimum absolute atomic E-state index is 0.0457. The van der Waals surface area contributed by atoms with Gasteiger partial charge < -0.3 is 10.6 Å². The first kappa shape index (κ1) is 17.2. The molecule has 0 amide bonds. The second-order valence-corrected chi connectivity index (χ2v) is 6.54. The van der Waals surface area contributed by atoms with Crippen molar-refractivity contribution in [3.05, 3.63) is 68.0 Å². The molecule has 0 fully saturated rings. The fourth-order valence-corrected chi connectivity index (χ4v) is 2.61. The van der Waals surface area contributed by atoms with Gasteiger partial charge in [0, 0.05) is 15.1 Å². The van der Waals surface area contributed by atoms with Crippen molar-refractivity contribution in [3.8, 4) is 0 Å². The molecule has 0 aliphatic heterocycles. The molecule has 0 aliphatic carbocycles. The van der Waals surface area contributed by atoms with Crippen molar-refractivity contribution in [1.82, 2.24) is 15.0 Å². The molecular formula is C15H10Br2N6O2. The highest BCUT2D eigenvalue weighted by Crippen LogP contribution is 2.34. The minimum Gasteiger partial charge on any atom is -0.333 e. The van der Waals surface area contributed by atoms with Gasteiger partial charge in [0.15, 0.2) is 0 Å². The van der Waals surface area contributed by atoms with Crippen LogP contribution in [-0.2, 0) is 0 Å². The molecule has 0 bridgehead atoms. The molecule has 1 aromatic carbocycles. The molecule has 0 spiro atoms. The number of nitrogens with one attached hydrogen (secondary N) is 2. The highest BCUT2D eigenvalue weighted by molar-refractivity contribution is 9.10. The molecule has 0 radical (unpaired) electrons. The molecule has 2 heterocycles. The average Bonchev–Trinajstić information content (AvgIpc) is 2.59. The Balaban J connectivity index is 1.98. The number of rotatable bonds is 5. The zero-order valence-corrected chi connectivity index (χ0v) is 15.7. The number of aromatic nitrogens is 3. The van der Waals surface area contributed by atoms with E-state index in [0.29, 0.717) is 11.5 Å². The summed E-state index contributed by atoms with van der Waals surface area (Å²) in [7, 11) is 0. The third-order valence-corrected chi connectivity index (χ3v) is 4.27. The normalized spacial score (nSPS) is 10.3. The first-order valence-corrected chi connectivity index (χ1v) is 8.52. The summed E-state index contributed by atoms with van der Waals surface area (Å²) in [5, 5.41) is 17.4. The maximum absolute atomic E-state index is 11.6. The topological polar surface area (TPSA) is 106 Å². The van der Waals surface area contributed by atoms with Crippen LogP contribution in [0, 0.1) is 10.1 Å². The van der Waals surface area contributed by atoms with Crippen molar-refractivity contribution >= 4 is 60.7 Å². The number of hydrogen-bond acceptors (Lipinski definition) is 7. The van der Waals surface area contributed by atoms with Gasteiger partial charge in [0.1, 0.15) is 12.1 Å². The maximum Gasteiger partial charge on any atom is 0.353 e. The predicted octanol–water partition coefficient (Wildman–Crippen LogP) is 4.79. The lowest BCUT2D eigenvalue weighted by Gasteiger charge is -2.10. The van der Waals surface area contributed by atoms with E-state index < -0.39 is 4.92 Å². The summed E-state index contributed by atoms with van der Waals surface area (Å²) >= 11 is 6.67. The van der Waals surface area contributed by atoms with Gasteiger partial charge in [0.25, 0.3) is 0 Å². The molecule has 8 nitrogen and oxygen atoms in total. The first-order chi connectivity index (χ1) is 12.0. The molecule has 25 heavy (non-hydrogen) atoms. The highest BCUT2D eigenvalue weighted by Gasteiger charge is 2.24. The number of benzene rings is 1. The Bertz CT molecular complexity index is 920. The zero-order chi connectivity index (χ0) is 17.8. The molecule has 10 heteroatoms. The number of pyridine rings is 1. The monoisotopic (exact) mass is 464 g/mol. The summed E-state index contributed by atoms with van der Waals surface area (Å²) < 4.78 is 1.55. The third kappa shape index (κ3) is 4.09. The third-order valence-electron chi connectivity index (χ3n) is 3.11. The van der Waals surface area contributed by atoms with Gasteiger partial charge in [-0.05, 0) is 56.1 Å². The van der Waals surface area contributed by atoms with Gasteiger partial charge in [0.05, 0.1) is 10.6 Å². The molecule has 2 aromatic heterocycles. The number of hydrogen-bond donors (Lipinski definition) is 2. The molecule has 2 N–H and O–H groups in total. The van der Waals surface area contributed by atoms with E-state index in [2.05, 4.69) is 57.4 Å². The van der Waals surface area contributed by atoms with Gasteiger partial charge in [-0.1, -0.05) is 12.1 Å². The van der Waals surface area contributed by atoms with Crippen LogP contribution in [0.3, 0.4) is 0 Å². The fourth-order valence-electron chi connectivity index (χ4n) is 2.00. The number of para-hydroxylation sites is 1. The van der Waals surface area contributed by atoms with Gasteiger partial charge in [-0.25, -0.2) is 15.0 Å². The van der Waals surface area contributed by atoms with Crippen molar-refractivity contribution in [2.24, 2.45) is 0 Å². The summed E-state index contributed by atoms with van der Waals surface area (Å²) in [6, 6.07) is 10.7. The number of anilines is 4. The molecule has 3 aromatic rings. The minimum atomic E-state index is -0.541. The van der Waals surface area contributed by atoms with Crippen LogP contribution in [0.1, 0.15) is 0 Å². The van der Waals surface area contributed by atoms with Crippen LogP contribution in [0.2, 0.25) is 0 Å². The van der Waals surface area contributed by atoms with E-state index in [1.165, 1.54) is 6.33 Å². The van der Waals surface area contributed by atoms with Gasteiger partial charge >= 0.3 is 5.69 Å². The lowest BCUT2D eigenvalue weighted by atomic mass is 10.3. The van der Waals surface area contributed by atoms with Crippen LogP contribution < -0.4 is 10.6 Å². The Morgan fingerprint density at radius 1 is 0.960 bits per heavy atom. The quantitative estimate of drug-likeness (QED) is 0.412. The standard InChI is InChI=1S/C15H10Br2N6O2/c16-9-5-6-12(18-7-9)22-15-13(23(24)25)14(19-8-20-15)21-11-4-2-1-3-10(11)17/h1-8H,(H2,18,19,20,21,22). The Morgan fingerprint density at radius 2 is 1.68 bits per heavy atom. The smallest absolute Gasteiger partial charge is 0.333 e. The van der Waals surface area contributed by atoms with Crippen LogP contribution in [0.5, 0.6) is 0 Å². The van der Waals surface area contributed by atoms with E-state index >= 15 is 0 Å². The van der Waals surface area contributed by atoms with Crippen molar-refractivity contribution in [3.63, 3.8) is 0 Å². The van der Waals surface area contributed by atoms with Crippen LogP contribution in [-0.4, -0.2) is 19.9 Å². The van der Waals surface area contributed by atoms with Crippen molar-refractivity contribution in [2.45, 2.75) is 0 Å². The molecule has 0 saturated carbocycles. The average molecular weight is 466 g/mol. The number of halogens is 2. The summed E-state index contributed by atoms with van der Waals surface area (Å²) in [6.45, 7) is 0. The maximum atomic E-state index is 11.6. The second kappa shape index (κ2) is 7.53. The van der Waals surface area contributed by atoms with Crippen molar-refractivity contribution in [1.29, 1.82) is 0 Å². The predicted molar refractivity (Wildman–Crippen MR) is 101 cm³/mol. The number of nitro groups is 1. The van der Waals surface area contributed by atoms with Gasteiger partial charge in [0.2, 0.25) is 11.6 Å². The zero-order valence-electron chi connectivity index (χ0n) is 12.5. The van der Waals surface area contributed by atoms with Crippen LogP contribution in [0.25, 0.3) is 0 Å². The van der Waals surface area contributed by atoms with E-state index in [1.54, 1.807) is 24.4 Å². The van der Waals surface area contributed by atoms with E-state index in [4.69, 9.17) is 0 Å². The highest BCUT2D eigenvalue weighted by atomic mass is 79.9. The van der Waals surface area contributed by atoms with Crippen LogP contribution in [0.4, 0.5) is 28.8 Å². The van der Waals surface area contributed by atoms with E-state index in [-0.39, 0.29) is 17.3 Å². The first-order valence-electron chi connectivity index (χ1n) is 6.94. The van der Waals surface area contributed by atoms with E-state index in [9.17, 15) is 10.1 Å². The lowest BCUT2D eigenvalue weighted by Crippen LogP contribution is -2.06. The lowest BCUT2D eigenvalue weighted by molar-refractivity contribution is -0.383. The van der Waals surface area contributed by atoms with Gasteiger partial charge in [-0.15, -0.1) is 0 Å². The van der Waals surface area contributed by atoms with Crippen molar-refractivity contribution < 1.29 is 4.92 Å². The largest absolute Gasteiger partial charge is 0.353 e. The van der Waals surface area contributed by atoms with Gasteiger partial charge in [-0.3, -0.25) is 10.1 Å².